The zero-order valence-electron chi connectivity index (χ0n) is 23.8. The standard InChI is InChI=1S/C32H61NO2/c1-3-5-7-9-11-13-15-17-19-21-23-25-27-34-31-29-33-30-32(31)35-28-26-24-22-20-18-16-14-12-10-8-6-4-2/h9-12,31-33H,3-8,13-30H2,1-2H3/t31-,32-/m1/s1. The third kappa shape index (κ3) is 21.2. The van der Waals surface area contributed by atoms with Gasteiger partial charge in [0.2, 0.25) is 0 Å². The number of rotatable bonds is 26. The fourth-order valence-corrected chi connectivity index (χ4v) is 4.69. The summed E-state index contributed by atoms with van der Waals surface area (Å²) in [5.74, 6) is 0. The van der Waals surface area contributed by atoms with Crippen molar-refractivity contribution in [1.82, 2.24) is 5.32 Å². The molecule has 206 valence electrons. The number of hydrogen-bond acceptors (Lipinski definition) is 3. The molecular weight excluding hydrogens is 430 g/mol. The van der Waals surface area contributed by atoms with E-state index in [9.17, 15) is 0 Å². The van der Waals surface area contributed by atoms with Crippen molar-refractivity contribution < 1.29 is 9.47 Å². The predicted molar refractivity (Wildman–Crippen MR) is 154 cm³/mol. The van der Waals surface area contributed by atoms with Crippen LogP contribution in [0.5, 0.6) is 0 Å². The highest BCUT2D eigenvalue weighted by atomic mass is 16.5. The molecule has 0 amide bonds. The van der Waals surface area contributed by atoms with Gasteiger partial charge >= 0.3 is 0 Å². The van der Waals surface area contributed by atoms with Crippen LogP contribution in [0.4, 0.5) is 0 Å². The first-order valence-electron chi connectivity index (χ1n) is 15.6. The lowest BCUT2D eigenvalue weighted by Gasteiger charge is -2.20. The lowest BCUT2D eigenvalue weighted by atomic mass is 10.1. The molecule has 3 nitrogen and oxygen atoms in total. The van der Waals surface area contributed by atoms with Gasteiger partial charge in [0.15, 0.2) is 0 Å². The Bertz CT molecular complexity index is 434. The van der Waals surface area contributed by atoms with Gasteiger partial charge in [0.1, 0.15) is 0 Å². The number of allylic oxidation sites excluding steroid dienone is 4. The highest BCUT2D eigenvalue weighted by Gasteiger charge is 2.28. The molecule has 0 saturated carbocycles. The average Bonchev–Trinajstić information content (AvgIpc) is 3.32. The summed E-state index contributed by atoms with van der Waals surface area (Å²) in [6.45, 7) is 8.19. The molecule has 1 fully saturated rings. The fourth-order valence-electron chi connectivity index (χ4n) is 4.69. The van der Waals surface area contributed by atoms with Gasteiger partial charge in [0.25, 0.3) is 0 Å². The van der Waals surface area contributed by atoms with Gasteiger partial charge in [-0.05, 0) is 51.4 Å². The van der Waals surface area contributed by atoms with Crippen molar-refractivity contribution in [2.75, 3.05) is 26.3 Å². The molecule has 0 radical (unpaired) electrons. The van der Waals surface area contributed by atoms with E-state index in [2.05, 4.69) is 43.5 Å². The molecule has 0 spiro atoms. The Labute approximate surface area is 219 Å². The summed E-state index contributed by atoms with van der Waals surface area (Å²) >= 11 is 0. The normalized spacial score (nSPS) is 18.5. The molecule has 1 aliphatic heterocycles. The van der Waals surface area contributed by atoms with Crippen LogP contribution in [0.1, 0.15) is 142 Å². The van der Waals surface area contributed by atoms with Crippen molar-refractivity contribution >= 4 is 0 Å². The van der Waals surface area contributed by atoms with Crippen molar-refractivity contribution in [1.29, 1.82) is 0 Å². The smallest absolute Gasteiger partial charge is 0.0973 e. The molecule has 0 aliphatic carbocycles. The summed E-state index contributed by atoms with van der Waals surface area (Å²) in [5, 5.41) is 3.45. The second-order valence-electron chi connectivity index (χ2n) is 10.5. The van der Waals surface area contributed by atoms with Crippen LogP contribution in [0.15, 0.2) is 24.3 Å². The summed E-state index contributed by atoms with van der Waals surface area (Å²) < 4.78 is 12.3. The van der Waals surface area contributed by atoms with E-state index >= 15 is 0 Å². The van der Waals surface area contributed by atoms with Crippen molar-refractivity contribution in [2.45, 2.75) is 154 Å². The van der Waals surface area contributed by atoms with E-state index in [0.717, 1.165) is 26.3 Å². The molecule has 0 aromatic rings. The molecule has 0 aromatic carbocycles. The molecule has 1 heterocycles. The van der Waals surface area contributed by atoms with E-state index in [4.69, 9.17) is 9.47 Å². The molecule has 1 saturated heterocycles. The summed E-state index contributed by atoms with van der Waals surface area (Å²) in [6, 6.07) is 0. The molecular formula is C32H61NO2. The Balaban J connectivity index is 1.86. The van der Waals surface area contributed by atoms with Gasteiger partial charge in [-0.3, -0.25) is 0 Å². The Hall–Kier alpha value is -0.640. The number of hydrogen-bond donors (Lipinski definition) is 1. The van der Waals surface area contributed by atoms with Crippen LogP contribution < -0.4 is 5.32 Å². The van der Waals surface area contributed by atoms with E-state index in [1.807, 2.05) is 0 Å². The Kier molecular flexibility index (Phi) is 24.5. The largest absolute Gasteiger partial charge is 0.374 e. The van der Waals surface area contributed by atoms with Crippen molar-refractivity contribution in [2.24, 2.45) is 0 Å². The maximum Gasteiger partial charge on any atom is 0.0973 e. The van der Waals surface area contributed by atoms with Crippen LogP contribution in [-0.2, 0) is 9.47 Å². The number of nitrogens with one attached hydrogen (secondary N) is 1. The minimum absolute atomic E-state index is 0.250. The van der Waals surface area contributed by atoms with Crippen molar-refractivity contribution in [3.05, 3.63) is 24.3 Å². The van der Waals surface area contributed by atoms with Gasteiger partial charge < -0.3 is 14.8 Å². The average molecular weight is 492 g/mol. The molecule has 2 atom stereocenters. The topological polar surface area (TPSA) is 30.5 Å². The molecule has 1 rings (SSSR count). The zero-order chi connectivity index (χ0) is 25.1. The second kappa shape index (κ2) is 26.4. The molecule has 0 bridgehead atoms. The molecule has 1 N–H and O–H groups in total. The van der Waals surface area contributed by atoms with Gasteiger partial charge in [-0.1, -0.05) is 115 Å². The lowest BCUT2D eigenvalue weighted by Crippen LogP contribution is -2.30. The Morgan fingerprint density at radius 1 is 0.486 bits per heavy atom. The Morgan fingerprint density at radius 3 is 1.23 bits per heavy atom. The Morgan fingerprint density at radius 2 is 0.829 bits per heavy atom. The molecule has 0 unspecified atom stereocenters. The molecule has 35 heavy (non-hydrogen) atoms. The predicted octanol–water partition coefficient (Wildman–Crippen LogP) is 9.31. The summed E-state index contributed by atoms with van der Waals surface area (Å²) in [6.07, 6.45) is 36.2. The second-order valence-corrected chi connectivity index (χ2v) is 10.5. The van der Waals surface area contributed by atoms with E-state index < -0.39 is 0 Å². The third-order valence-corrected chi connectivity index (χ3v) is 7.08. The highest BCUT2D eigenvalue weighted by molar-refractivity contribution is 4.83. The van der Waals surface area contributed by atoms with Crippen LogP contribution in [0.25, 0.3) is 0 Å². The highest BCUT2D eigenvalue weighted by Crippen LogP contribution is 2.14. The summed E-state index contributed by atoms with van der Waals surface area (Å²) in [5.41, 5.74) is 0. The van der Waals surface area contributed by atoms with Gasteiger partial charge in [-0.15, -0.1) is 0 Å². The first-order valence-corrected chi connectivity index (χ1v) is 15.6. The number of ether oxygens (including phenoxy) is 2. The van der Waals surface area contributed by atoms with E-state index in [1.165, 1.54) is 128 Å². The quantitative estimate of drug-likeness (QED) is 0.0965. The van der Waals surface area contributed by atoms with Crippen LogP contribution in [-0.4, -0.2) is 38.5 Å². The van der Waals surface area contributed by atoms with Gasteiger partial charge in [-0.25, -0.2) is 0 Å². The van der Waals surface area contributed by atoms with Crippen molar-refractivity contribution in [3.8, 4) is 0 Å². The summed E-state index contributed by atoms with van der Waals surface area (Å²) in [7, 11) is 0. The molecule has 3 heteroatoms. The van der Waals surface area contributed by atoms with Gasteiger partial charge in [-0.2, -0.15) is 0 Å². The van der Waals surface area contributed by atoms with Crippen LogP contribution >= 0.6 is 0 Å². The minimum atomic E-state index is 0.250. The molecule has 0 aromatic heterocycles. The van der Waals surface area contributed by atoms with Gasteiger partial charge in [0, 0.05) is 26.3 Å². The maximum absolute atomic E-state index is 6.17. The summed E-state index contributed by atoms with van der Waals surface area (Å²) in [4.78, 5) is 0. The molecule has 1 aliphatic rings. The first kappa shape index (κ1) is 32.4. The first-order chi connectivity index (χ1) is 17.4. The van der Waals surface area contributed by atoms with E-state index in [0.29, 0.717) is 0 Å². The third-order valence-electron chi connectivity index (χ3n) is 7.08. The fraction of sp³-hybridized carbons (Fsp3) is 0.875. The minimum Gasteiger partial charge on any atom is -0.374 e. The van der Waals surface area contributed by atoms with Crippen molar-refractivity contribution in [3.63, 3.8) is 0 Å². The van der Waals surface area contributed by atoms with E-state index in [-0.39, 0.29) is 12.2 Å². The van der Waals surface area contributed by atoms with Crippen LogP contribution in [0.2, 0.25) is 0 Å². The SMILES string of the molecule is CCCCC=CCCCCCCCCO[C@@H]1CNC[C@H]1OCCCCCCCCC=CCCCC. The number of unbranched alkanes of at least 4 members (excludes halogenated alkanes) is 16. The van der Waals surface area contributed by atoms with Crippen LogP contribution in [0, 0.1) is 0 Å². The van der Waals surface area contributed by atoms with E-state index in [1.54, 1.807) is 0 Å². The monoisotopic (exact) mass is 491 g/mol. The van der Waals surface area contributed by atoms with Gasteiger partial charge in [0.05, 0.1) is 12.2 Å². The van der Waals surface area contributed by atoms with Crippen LogP contribution in [0.3, 0.4) is 0 Å². The lowest BCUT2D eigenvalue weighted by molar-refractivity contribution is -0.0481. The maximum atomic E-state index is 6.17. The zero-order valence-corrected chi connectivity index (χ0v) is 23.8.